The van der Waals surface area contributed by atoms with E-state index in [1.165, 1.54) is 0 Å². The van der Waals surface area contributed by atoms with E-state index >= 15 is 0 Å². The van der Waals surface area contributed by atoms with E-state index in [9.17, 15) is 4.79 Å². The van der Waals surface area contributed by atoms with Crippen LogP contribution in [0.5, 0.6) is 5.75 Å². The van der Waals surface area contributed by atoms with Gasteiger partial charge in [0, 0.05) is 18.3 Å². The van der Waals surface area contributed by atoms with E-state index in [1.807, 2.05) is 4.57 Å². The summed E-state index contributed by atoms with van der Waals surface area (Å²) in [7, 11) is 1.55. The number of hydrogen-bond donors (Lipinski definition) is 1. The maximum atomic E-state index is 12.3. The molecule has 0 unspecified atom stereocenters. The summed E-state index contributed by atoms with van der Waals surface area (Å²) in [5, 5.41) is 2.77. The molecule has 0 saturated carbocycles. The van der Waals surface area contributed by atoms with Crippen molar-refractivity contribution in [2.75, 3.05) is 12.4 Å². The molecule has 3 aromatic rings. The Labute approximate surface area is 133 Å². The van der Waals surface area contributed by atoms with Gasteiger partial charge in [-0.15, -0.1) is 0 Å². The molecule has 3 heterocycles. The van der Waals surface area contributed by atoms with E-state index in [1.54, 1.807) is 44.2 Å². The monoisotopic (exact) mass is 311 g/mol. The first-order chi connectivity index (χ1) is 11.1. The average Bonchev–Trinajstić information content (AvgIpc) is 2.98. The molecular weight excluding hydrogens is 294 g/mol. The summed E-state index contributed by atoms with van der Waals surface area (Å²) in [5.74, 6) is 0.306. The molecule has 0 spiro atoms. The second-order valence-corrected chi connectivity index (χ2v) is 5.38. The molecule has 0 aliphatic heterocycles. The summed E-state index contributed by atoms with van der Waals surface area (Å²) < 4.78 is 7.05. The van der Waals surface area contributed by atoms with Gasteiger partial charge in [0.15, 0.2) is 5.65 Å². The number of carbonyl (C=O) groups is 1. The molecule has 1 N–H and O–H groups in total. The Morgan fingerprint density at radius 1 is 1.22 bits per heavy atom. The first-order valence-electron chi connectivity index (χ1n) is 7.21. The van der Waals surface area contributed by atoms with Gasteiger partial charge in [-0.2, -0.15) is 0 Å². The number of carbonyl (C=O) groups excluding carboxylic acids is 1. The van der Waals surface area contributed by atoms with Crippen LogP contribution in [0.15, 0.2) is 37.1 Å². The predicted octanol–water partition coefficient (Wildman–Crippen LogP) is 2.67. The number of nitrogens with zero attached hydrogens (tertiary/aromatic N) is 4. The van der Waals surface area contributed by atoms with Crippen molar-refractivity contribution in [3.63, 3.8) is 0 Å². The van der Waals surface area contributed by atoms with E-state index in [-0.39, 0.29) is 11.9 Å². The van der Waals surface area contributed by atoms with Crippen LogP contribution in [0.1, 0.15) is 30.2 Å². The Hall–Kier alpha value is -2.96. The molecule has 3 aromatic heterocycles. The number of aromatic nitrogens is 4. The number of amides is 1. The normalized spacial score (nSPS) is 11.0. The number of rotatable bonds is 4. The number of hydrogen-bond acceptors (Lipinski definition) is 5. The molecule has 118 valence electrons. The third-order valence-electron chi connectivity index (χ3n) is 3.44. The fraction of sp³-hybridized carbons (Fsp3) is 0.250. The summed E-state index contributed by atoms with van der Waals surface area (Å²) in [5.41, 5.74) is 2.45. The van der Waals surface area contributed by atoms with Crippen LogP contribution in [-0.2, 0) is 0 Å². The topological polar surface area (TPSA) is 81.9 Å². The minimum absolute atomic E-state index is 0.259. The number of nitrogens with one attached hydrogen (secondary N) is 1. The number of imidazole rings is 1. The molecule has 0 fully saturated rings. The van der Waals surface area contributed by atoms with Crippen LogP contribution in [0.2, 0.25) is 0 Å². The molecular formula is C16H17N5O2. The summed E-state index contributed by atoms with van der Waals surface area (Å²) in [6.07, 6.45) is 6.41. The standard InChI is InChI=1S/C16H17N5O2/c1-10(2)21-9-19-14-4-11(6-18-15(14)21)16(22)20-12-5-13(23-3)8-17-7-12/h4-10H,1-3H3,(H,20,22). The minimum atomic E-state index is -0.270. The highest BCUT2D eigenvalue weighted by atomic mass is 16.5. The average molecular weight is 311 g/mol. The van der Waals surface area contributed by atoms with Crippen molar-refractivity contribution in [1.82, 2.24) is 19.5 Å². The van der Waals surface area contributed by atoms with Crippen LogP contribution in [0.4, 0.5) is 5.69 Å². The van der Waals surface area contributed by atoms with Crippen molar-refractivity contribution < 1.29 is 9.53 Å². The van der Waals surface area contributed by atoms with E-state index in [2.05, 4.69) is 34.1 Å². The van der Waals surface area contributed by atoms with Crippen molar-refractivity contribution in [2.45, 2.75) is 19.9 Å². The van der Waals surface area contributed by atoms with Gasteiger partial charge in [0.2, 0.25) is 0 Å². The summed E-state index contributed by atoms with van der Waals surface area (Å²) >= 11 is 0. The molecule has 7 heteroatoms. The molecule has 0 saturated heterocycles. The molecule has 0 bridgehead atoms. The molecule has 1 amide bonds. The molecule has 0 aliphatic rings. The lowest BCUT2D eigenvalue weighted by atomic mass is 10.2. The van der Waals surface area contributed by atoms with Crippen LogP contribution in [0.3, 0.4) is 0 Å². The van der Waals surface area contributed by atoms with Crippen molar-refractivity contribution in [3.05, 3.63) is 42.6 Å². The summed E-state index contributed by atoms with van der Waals surface area (Å²) in [4.78, 5) is 25.0. The Morgan fingerprint density at radius 2 is 2.04 bits per heavy atom. The zero-order valence-electron chi connectivity index (χ0n) is 13.1. The third-order valence-corrected chi connectivity index (χ3v) is 3.44. The van der Waals surface area contributed by atoms with Gasteiger partial charge in [-0.3, -0.25) is 9.78 Å². The Morgan fingerprint density at radius 3 is 2.78 bits per heavy atom. The number of methoxy groups -OCH3 is 1. The van der Waals surface area contributed by atoms with E-state index < -0.39 is 0 Å². The molecule has 3 rings (SSSR count). The van der Waals surface area contributed by atoms with Gasteiger partial charge in [-0.05, 0) is 19.9 Å². The zero-order chi connectivity index (χ0) is 16.4. The lowest BCUT2D eigenvalue weighted by Crippen LogP contribution is -2.12. The molecule has 0 aliphatic carbocycles. The van der Waals surface area contributed by atoms with Gasteiger partial charge in [0.25, 0.3) is 5.91 Å². The quantitative estimate of drug-likeness (QED) is 0.801. The Kier molecular flexibility index (Phi) is 3.92. The second-order valence-electron chi connectivity index (χ2n) is 5.38. The summed E-state index contributed by atoms with van der Waals surface area (Å²) in [6.45, 7) is 4.11. The number of fused-ring (bicyclic) bond motifs is 1. The van der Waals surface area contributed by atoms with Crippen LogP contribution >= 0.6 is 0 Å². The van der Waals surface area contributed by atoms with Crippen LogP contribution in [0, 0.1) is 0 Å². The van der Waals surface area contributed by atoms with Gasteiger partial charge in [-0.1, -0.05) is 0 Å². The summed E-state index contributed by atoms with van der Waals surface area (Å²) in [6, 6.07) is 3.68. The van der Waals surface area contributed by atoms with Gasteiger partial charge >= 0.3 is 0 Å². The van der Waals surface area contributed by atoms with E-state index in [0.29, 0.717) is 22.5 Å². The Bertz CT molecular complexity index is 857. The highest BCUT2D eigenvalue weighted by Crippen LogP contribution is 2.18. The lowest BCUT2D eigenvalue weighted by molar-refractivity contribution is 0.102. The van der Waals surface area contributed by atoms with Gasteiger partial charge < -0.3 is 14.6 Å². The van der Waals surface area contributed by atoms with Crippen LogP contribution in [-0.4, -0.2) is 32.5 Å². The van der Waals surface area contributed by atoms with Gasteiger partial charge in [0.1, 0.15) is 11.3 Å². The SMILES string of the molecule is COc1cncc(NC(=O)c2cnc3c(c2)ncn3C(C)C)c1. The molecule has 0 atom stereocenters. The van der Waals surface area contributed by atoms with Crippen LogP contribution < -0.4 is 10.1 Å². The van der Waals surface area contributed by atoms with Gasteiger partial charge in [0.05, 0.1) is 37.1 Å². The lowest BCUT2D eigenvalue weighted by Gasteiger charge is -2.08. The van der Waals surface area contributed by atoms with Gasteiger partial charge in [-0.25, -0.2) is 9.97 Å². The largest absolute Gasteiger partial charge is 0.495 e. The number of pyridine rings is 2. The fourth-order valence-corrected chi connectivity index (χ4v) is 2.22. The molecule has 0 aromatic carbocycles. The highest BCUT2D eigenvalue weighted by Gasteiger charge is 2.12. The maximum absolute atomic E-state index is 12.3. The van der Waals surface area contributed by atoms with Crippen molar-refractivity contribution in [2.24, 2.45) is 0 Å². The molecule has 23 heavy (non-hydrogen) atoms. The molecule has 0 radical (unpaired) electrons. The smallest absolute Gasteiger partial charge is 0.257 e. The van der Waals surface area contributed by atoms with E-state index in [0.717, 1.165) is 5.65 Å². The minimum Gasteiger partial charge on any atom is -0.495 e. The zero-order valence-corrected chi connectivity index (χ0v) is 13.1. The fourth-order valence-electron chi connectivity index (χ4n) is 2.22. The first-order valence-corrected chi connectivity index (χ1v) is 7.21. The van der Waals surface area contributed by atoms with Crippen molar-refractivity contribution in [3.8, 4) is 5.75 Å². The highest BCUT2D eigenvalue weighted by molar-refractivity contribution is 6.05. The second kappa shape index (κ2) is 6.04. The third kappa shape index (κ3) is 2.98. The first kappa shape index (κ1) is 15.0. The van der Waals surface area contributed by atoms with Crippen LogP contribution in [0.25, 0.3) is 11.2 Å². The van der Waals surface area contributed by atoms with E-state index in [4.69, 9.17) is 4.74 Å². The number of ether oxygens (including phenoxy) is 1. The van der Waals surface area contributed by atoms with Crippen molar-refractivity contribution >= 4 is 22.8 Å². The number of anilines is 1. The Balaban J connectivity index is 1.86. The maximum Gasteiger partial charge on any atom is 0.257 e. The predicted molar refractivity (Wildman–Crippen MR) is 86.7 cm³/mol. The molecule has 7 nitrogen and oxygen atoms in total. The van der Waals surface area contributed by atoms with Crippen molar-refractivity contribution in [1.29, 1.82) is 0 Å².